The molecule has 1 aromatic rings. The predicted octanol–water partition coefficient (Wildman–Crippen LogP) is 1.11. The maximum absolute atomic E-state index is 9.65. The Kier molecular flexibility index (Phi) is 1.90. The molecule has 2 rings (SSSR count). The summed E-state index contributed by atoms with van der Waals surface area (Å²) < 4.78 is 5.43. The van der Waals surface area contributed by atoms with E-state index in [0.29, 0.717) is 0 Å². The lowest BCUT2D eigenvalue weighted by molar-refractivity contribution is 0.169. The number of aliphatic hydroxyl groups is 1. The average Bonchev–Trinajstić information content (AvgIpc) is 2.33. The molecule has 66 valence electrons. The zero-order chi connectivity index (χ0) is 8.55. The second kappa shape index (κ2) is 2.92. The van der Waals surface area contributed by atoms with E-state index < -0.39 is 0 Å². The lowest BCUT2D eigenvalue weighted by Crippen LogP contribution is -2.12. The van der Waals surface area contributed by atoms with Gasteiger partial charge in [0.15, 0.2) is 0 Å². The third-order valence-electron chi connectivity index (χ3n) is 2.20. The fraction of sp³-hybridized carbons (Fsp3) is 0.556. The number of furan rings is 1. The summed E-state index contributed by atoms with van der Waals surface area (Å²) in [5.74, 6) is 1.76. The second-order valence-corrected chi connectivity index (χ2v) is 3.22. The van der Waals surface area contributed by atoms with Crippen LogP contribution in [-0.4, -0.2) is 11.7 Å². The van der Waals surface area contributed by atoms with E-state index in [0.717, 1.165) is 36.6 Å². The number of aryl methyl sites for hydroxylation is 1. The van der Waals surface area contributed by atoms with Crippen molar-refractivity contribution in [3.05, 3.63) is 23.2 Å². The van der Waals surface area contributed by atoms with Crippen molar-refractivity contribution < 1.29 is 9.52 Å². The van der Waals surface area contributed by atoms with Crippen LogP contribution >= 0.6 is 0 Å². The van der Waals surface area contributed by atoms with Crippen LogP contribution in [0.25, 0.3) is 0 Å². The Labute approximate surface area is 71.4 Å². The molecule has 0 aromatic carbocycles. The van der Waals surface area contributed by atoms with Gasteiger partial charge in [0.05, 0.1) is 12.6 Å². The van der Waals surface area contributed by atoms with Crippen molar-refractivity contribution in [2.24, 2.45) is 0 Å². The second-order valence-electron chi connectivity index (χ2n) is 3.22. The zero-order valence-electron chi connectivity index (χ0n) is 7.13. The van der Waals surface area contributed by atoms with E-state index in [4.69, 9.17) is 4.42 Å². The first-order valence-corrected chi connectivity index (χ1v) is 4.25. The third kappa shape index (κ3) is 1.26. The van der Waals surface area contributed by atoms with Gasteiger partial charge in [0.2, 0.25) is 0 Å². The lowest BCUT2D eigenvalue weighted by Gasteiger charge is -2.03. The number of fused-ring (bicyclic) bond motifs is 1. The molecule has 0 fully saturated rings. The molecule has 3 heteroatoms. The van der Waals surface area contributed by atoms with Crippen LogP contribution in [0.3, 0.4) is 0 Å². The van der Waals surface area contributed by atoms with Crippen LogP contribution < -0.4 is 5.32 Å². The van der Waals surface area contributed by atoms with Crippen LogP contribution in [0.2, 0.25) is 0 Å². The van der Waals surface area contributed by atoms with E-state index in [2.05, 4.69) is 5.32 Å². The normalized spacial score (nSPS) is 23.3. The van der Waals surface area contributed by atoms with Gasteiger partial charge in [0, 0.05) is 5.56 Å². The van der Waals surface area contributed by atoms with E-state index in [1.165, 1.54) is 0 Å². The number of nitrogens with one attached hydrogen (secondary N) is 1. The van der Waals surface area contributed by atoms with Gasteiger partial charge in [0.25, 0.3) is 0 Å². The van der Waals surface area contributed by atoms with E-state index in [1.807, 2.05) is 13.0 Å². The van der Waals surface area contributed by atoms with Gasteiger partial charge in [0.1, 0.15) is 11.5 Å². The van der Waals surface area contributed by atoms with Gasteiger partial charge < -0.3 is 14.8 Å². The van der Waals surface area contributed by atoms with Crippen molar-refractivity contribution in [1.82, 2.24) is 5.32 Å². The molecule has 0 aliphatic carbocycles. The van der Waals surface area contributed by atoms with E-state index in [-0.39, 0.29) is 6.10 Å². The highest BCUT2D eigenvalue weighted by molar-refractivity contribution is 5.24. The summed E-state index contributed by atoms with van der Waals surface area (Å²) in [5, 5.41) is 12.8. The molecular formula is C9H13NO2. The van der Waals surface area contributed by atoms with Crippen molar-refractivity contribution >= 4 is 0 Å². The maximum atomic E-state index is 9.65. The Hall–Kier alpha value is -0.800. The first kappa shape index (κ1) is 7.83. The van der Waals surface area contributed by atoms with Crippen LogP contribution in [0.15, 0.2) is 10.5 Å². The molecule has 3 nitrogen and oxygen atoms in total. The van der Waals surface area contributed by atoms with Crippen LogP contribution in [-0.2, 0) is 6.54 Å². The van der Waals surface area contributed by atoms with Gasteiger partial charge in [-0.3, -0.25) is 0 Å². The van der Waals surface area contributed by atoms with E-state index in [1.54, 1.807) is 0 Å². The molecular weight excluding hydrogens is 154 g/mol. The zero-order valence-corrected chi connectivity index (χ0v) is 7.13. The molecule has 1 aromatic heterocycles. The minimum Gasteiger partial charge on any atom is -0.465 e. The highest BCUT2D eigenvalue weighted by Crippen LogP contribution is 2.26. The van der Waals surface area contributed by atoms with Crippen molar-refractivity contribution in [3.63, 3.8) is 0 Å². The van der Waals surface area contributed by atoms with Crippen LogP contribution in [0, 0.1) is 6.92 Å². The molecule has 0 bridgehead atoms. The SMILES string of the molecule is Cc1cc2c(o1)CNCCC2O. The Morgan fingerprint density at radius 1 is 1.67 bits per heavy atom. The number of hydrogen-bond donors (Lipinski definition) is 2. The maximum Gasteiger partial charge on any atom is 0.123 e. The molecule has 2 N–H and O–H groups in total. The summed E-state index contributed by atoms with van der Waals surface area (Å²) in [6.07, 6.45) is 0.416. The third-order valence-corrected chi connectivity index (χ3v) is 2.20. The molecule has 0 radical (unpaired) electrons. The Morgan fingerprint density at radius 2 is 2.50 bits per heavy atom. The molecule has 0 saturated carbocycles. The molecule has 0 spiro atoms. The fourth-order valence-corrected chi connectivity index (χ4v) is 1.60. The first-order valence-electron chi connectivity index (χ1n) is 4.25. The van der Waals surface area contributed by atoms with E-state index in [9.17, 15) is 5.11 Å². The van der Waals surface area contributed by atoms with Gasteiger partial charge in [-0.1, -0.05) is 0 Å². The summed E-state index contributed by atoms with van der Waals surface area (Å²) in [7, 11) is 0. The molecule has 1 aliphatic rings. The van der Waals surface area contributed by atoms with Gasteiger partial charge in [-0.2, -0.15) is 0 Å². The predicted molar refractivity (Wildman–Crippen MR) is 44.7 cm³/mol. The number of aliphatic hydroxyl groups excluding tert-OH is 1. The number of rotatable bonds is 0. The lowest BCUT2D eigenvalue weighted by atomic mass is 10.1. The monoisotopic (exact) mass is 167 g/mol. The smallest absolute Gasteiger partial charge is 0.123 e. The largest absolute Gasteiger partial charge is 0.465 e. The Bertz CT molecular complexity index is 280. The standard InChI is InChI=1S/C9H13NO2/c1-6-4-7-8(11)2-3-10-5-9(7)12-6/h4,8,10-11H,2-3,5H2,1H3. The number of hydrogen-bond acceptors (Lipinski definition) is 3. The van der Waals surface area contributed by atoms with Crippen molar-refractivity contribution in [2.45, 2.75) is 26.0 Å². The average molecular weight is 167 g/mol. The quantitative estimate of drug-likeness (QED) is 0.608. The van der Waals surface area contributed by atoms with Gasteiger partial charge in [-0.05, 0) is 26.0 Å². The van der Waals surface area contributed by atoms with Crippen molar-refractivity contribution in [2.75, 3.05) is 6.54 Å². The summed E-state index contributed by atoms with van der Waals surface area (Å²) >= 11 is 0. The summed E-state index contributed by atoms with van der Waals surface area (Å²) in [4.78, 5) is 0. The molecule has 0 amide bonds. The molecule has 12 heavy (non-hydrogen) atoms. The molecule has 2 heterocycles. The van der Waals surface area contributed by atoms with Gasteiger partial charge >= 0.3 is 0 Å². The minimum atomic E-state index is -0.354. The highest BCUT2D eigenvalue weighted by Gasteiger charge is 2.19. The topological polar surface area (TPSA) is 45.4 Å². The molecule has 0 saturated heterocycles. The van der Waals surface area contributed by atoms with Crippen molar-refractivity contribution in [3.8, 4) is 0 Å². The van der Waals surface area contributed by atoms with Crippen LogP contribution in [0.4, 0.5) is 0 Å². The Morgan fingerprint density at radius 3 is 3.33 bits per heavy atom. The molecule has 1 atom stereocenters. The Balaban J connectivity index is 2.38. The fourth-order valence-electron chi connectivity index (χ4n) is 1.60. The van der Waals surface area contributed by atoms with Gasteiger partial charge in [-0.25, -0.2) is 0 Å². The molecule has 1 unspecified atom stereocenters. The van der Waals surface area contributed by atoms with Crippen LogP contribution in [0.5, 0.6) is 0 Å². The van der Waals surface area contributed by atoms with Crippen LogP contribution in [0.1, 0.15) is 29.6 Å². The minimum absolute atomic E-state index is 0.354. The molecule has 1 aliphatic heterocycles. The van der Waals surface area contributed by atoms with Crippen molar-refractivity contribution in [1.29, 1.82) is 0 Å². The van der Waals surface area contributed by atoms with E-state index >= 15 is 0 Å². The summed E-state index contributed by atoms with van der Waals surface area (Å²) in [6.45, 7) is 3.49. The summed E-state index contributed by atoms with van der Waals surface area (Å²) in [5.41, 5.74) is 0.956. The first-order chi connectivity index (χ1) is 5.77. The highest BCUT2D eigenvalue weighted by atomic mass is 16.3. The van der Waals surface area contributed by atoms with Gasteiger partial charge in [-0.15, -0.1) is 0 Å². The summed E-state index contributed by atoms with van der Waals surface area (Å²) in [6, 6.07) is 1.92.